The predicted octanol–water partition coefficient (Wildman–Crippen LogP) is 2.46. The third-order valence-electron chi connectivity index (χ3n) is 5.75. The Balaban J connectivity index is 1.69. The quantitative estimate of drug-likeness (QED) is 0.558. The lowest BCUT2D eigenvalue weighted by Gasteiger charge is -2.38. The molecular weight excluding hydrogens is 394 g/mol. The van der Waals surface area contributed by atoms with Gasteiger partial charge < -0.3 is 14.9 Å². The van der Waals surface area contributed by atoms with Gasteiger partial charge in [-0.25, -0.2) is 0 Å². The van der Waals surface area contributed by atoms with Gasteiger partial charge in [-0.15, -0.1) is 11.8 Å². The van der Waals surface area contributed by atoms with Gasteiger partial charge in [0.25, 0.3) is 6.20 Å². The number of piperidine rings is 1. The summed E-state index contributed by atoms with van der Waals surface area (Å²) in [4.78, 5) is 38.8. The highest BCUT2D eigenvalue weighted by molar-refractivity contribution is 8.02. The van der Waals surface area contributed by atoms with Crippen LogP contribution < -0.4 is 0 Å². The summed E-state index contributed by atoms with van der Waals surface area (Å²) in [6, 6.07) is 10.0. The number of amides is 1. The highest BCUT2D eigenvalue weighted by atomic mass is 32.2. The average molecular weight is 420 g/mol. The second-order valence-corrected chi connectivity index (χ2v) is 8.25. The molecular formula is C20H25N3O5S. The number of carbonyl (C=O) groups excluding carboxylic acids is 1. The fraction of sp³-hybridized carbons (Fsp3) is 0.500. The number of thioether (sulfide) groups is 1. The fourth-order valence-electron chi connectivity index (χ4n) is 4.24. The summed E-state index contributed by atoms with van der Waals surface area (Å²) in [7, 11) is 0. The van der Waals surface area contributed by atoms with Crippen LogP contribution in [0.15, 0.2) is 41.6 Å². The minimum atomic E-state index is -1.03. The molecule has 0 spiro atoms. The number of aliphatic carboxylic acids is 1. The number of hydrogen-bond acceptors (Lipinski definition) is 6. The molecule has 2 aliphatic rings. The first-order valence-corrected chi connectivity index (χ1v) is 10.8. The molecule has 1 aromatic carbocycles. The Morgan fingerprint density at radius 1 is 1.14 bits per heavy atom. The van der Waals surface area contributed by atoms with Crippen LogP contribution in [0.25, 0.3) is 0 Å². The Morgan fingerprint density at radius 2 is 1.83 bits per heavy atom. The Kier molecular flexibility index (Phi) is 6.79. The highest BCUT2D eigenvalue weighted by Crippen LogP contribution is 2.34. The molecule has 1 N–H and O–H groups in total. The third kappa shape index (κ3) is 4.90. The molecule has 0 radical (unpaired) electrons. The van der Waals surface area contributed by atoms with E-state index in [0.29, 0.717) is 31.1 Å². The van der Waals surface area contributed by atoms with Crippen LogP contribution >= 0.6 is 11.8 Å². The van der Waals surface area contributed by atoms with Gasteiger partial charge >= 0.3 is 5.97 Å². The van der Waals surface area contributed by atoms with Gasteiger partial charge in [0.1, 0.15) is 5.03 Å². The van der Waals surface area contributed by atoms with Crippen molar-refractivity contribution in [3.63, 3.8) is 0 Å². The smallest absolute Gasteiger partial charge is 0.309 e. The maximum atomic E-state index is 13.1. The van der Waals surface area contributed by atoms with Gasteiger partial charge in [0, 0.05) is 32.1 Å². The van der Waals surface area contributed by atoms with Crippen LogP contribution in [0.4, 0.5) is 0 Å². The molecule has 2 aliphatic heterocycles. The summed E-state index contributed by atoms with van der Waals surface area (Å²) in [6.07, 6.45) is 3.86. The van der Waals surface area contributed by atoms with Crippen LogP contribution in [0, 0.1) is 22.0 Å². The molecule has 0 aromatic heterocycles. The molecule has 29 heavy (non-hydrogen) atoms. The van der Waals surface area contributed by atoms with E-state index in [4.69, 9.17) is 0 Å². The van der Waals surface area contributed by atoms with Crippen molar-refractivity contribution >= 4 is 23.6 Å². The Morgan fingerprint density at radius 3 is 2.45 bits per heavy atom. The van der Waals surface area contributed by atoms with E-state index < -0.39 is 22.7 Å². The van der Waals surface area contributed by atoms with Crippen LogP contribution in [-0.4, -0.2) is 64.1 Å². The molecule has 0 saturated carbocycles. The van der Waals surface area contributed by atoms with Gasteiger partial charge in [0.15, 0.2) is 0 Å². The first-order chi connectivity index (χ1) is 13.9. The van der Waals surface area contributed by atoms with Gasteiger partial charge in [0.05, 0.1) is 16.8 Å². The standard InChI is InChI=1S/C20H25N3O5S/c1-29-18(13-23(27)28)21-10-8-16(17(12-21)20(25)26)19(24)22-9-7-15(11-22)14-5-3-2-4-6-14/h2-6,13,15-17H,7-12H2,1H3,(H,25,26)/b18-13-/t15-,16-,17-/m0/s1. The SMILES string of the molecule is CS/C(=C\[N+](=O)[O-])N1CC[C@H](C(=O)N2CC[C@H](c3ccccc3)C2)[C@@H](C(=O)O)C1. The number of benzene rings is 1. The summed E-state index contributed by atoms with van der Waals surface area (Å²) in [5.41, 5.74) is 1.20. The molecule has 9 heteroatoms. The van der Waals surface area contributed by atoms with Crippen LogP contribution in [0.3, 0.4) is 0 Å². The summed E-state index contributed by atoms with van der Waals surface area (Å²) in [5.74, 6) is -2.35. The molecule has 2 fully saturated rings. The molecule has 8 nitrogen and oxygen atoms in total. The van der Waals surface area contributed by atoms with Crippen molar-refractivity contribution in [2.75, 3.05) is 32.4 Å². The van der Waals surface area contributed by atoms with E-state index in [9.17, 15) is 24.8 Å². The van der Waals surface area contributed by atoms with E-state index in [0.717, 1.165) is 12.6 Å². The van der Waals surface area contributed by atoms with E-state index in [1.807, 2.05) is 18.2 Å². The lowest BCUT2D eigenvalue weighted by atomic mass is 9.84. The third-order valence-corrected chi connectivity index (χ3v) is 6.54. The van der Waals surface area contributed by atoms with Crippen molar-refractivity contribution < 1.29 is 19.6 Å². The van der Waals surface area contributed by atoms with Crippen molar-refractivity contribution in [2.45, 2.75) is 18.8 Å². The second kappa shape index (κ2) is 9.30. The van der Waals surface area contributed by atoms with E-state index in [1.165, 1.54) is 17.3 Å². The predicted molar refractivity (Wildman–Crippen MR) is 110 cm³/mol. The summed E-state index contributed by atoms with van der Waals surface area (Å²) >= 11 is 1.21. The monoisotopic (exact) mass is 419 g/mol. The van der Waals surface area contributed by atoms with Crippen LogP contribution in [-0.2, 0) is 9.59 Å². The molecule has 0 bridgehead atoms. The zero-order valence-corrected chi connectivity index (χ0v) is 17.1. The van der Waals surface area contributed by atoms with E-state index in [-0.39, 0.29) is 18.4 Å². The largest absolute Gasteiger partial charge is 0.481 e. The summed E-state index contributed by atoms with van der Waals surface area (Å²) in [6.45, 7) is 1.76. The number of carboxylic acid groups (broad SMARTS) is 1. The molecule has 0 aliphatic carbocycles. The molecule has 2 heterocycles. The van der Waals surface area contributed by atoms with Crippen molar-refractivity contribution in [3.8, 4) is 0 Å². The number of nitro groups is 1. The van der Waals surface area contributed by atoms with Crippen molar-refractivity contribution in [3.05, 3.63) is 57.2 Å². The number of hydrogen-bond donors (Lipinski definition) is 1. The van der Waals surface area contributed by atoms with Crippen LogP contribution in [0.1, 0.15) is 24.3 Å². The topological polar surface area (TPSA) is 104 Å². The maximum absolute atomic E-state index is 13.1. The fourth-order valence-corrected chi connectivity index (χ4v) is 4.86. The van der Waals surface area contributed by atoms with Gasteiger partial charge in [-0.05, 0) is 24.7 Å². The Bertz CT molecular complexity index is 801. The van der Waals surface area contributed by atoms with Gasteiger partial charge in [0.2, 0.25) is 5.91 Å². The van der Waals surface area contributed by atoms with Gasteiger partial charge in [-0.1, -0.05) is 30.3 Å². The van der Waals surface area contributed by atoms with E-state index >= 15 is 0 Å². The first-order valence-electron chi connectivity index (χ1n) is 9.61. The molecule has 0 unspecified atom stereocenters. The minimum Gasteiger partial charge on any atom is -0.481 e. The maximum Gasteiger partial charge on any atom is 0.309 e. The molecule has 3 rings (SSSR count). The van der Waals surface area contributed by atoms with Crippen LogP contribution in [0.2, 0.25) is 0 Å². The van der Waals surface area contributed by atoms with Crippen molar-refractivity contribution in [2.24, 2.45) is 11.8 Å². The molecule has 156 valence electrons. The first kappa shape index (κ1) is 21.2. The summed E-state index contributed by atoms with van der Waals surface area (Å²) < 4.78 is 0. The van der Waals surface area contributed by atoms with Crippen molar-refractivity contribution in [1.29, 1.82) is 0 Å². The summed E-state index contributed by atoms with van der Waals surface area (Å²) in [5, 5.41) is 21.0. The average Bonchev–Trinajstić information content (AvgIpc) is 3.22. The van der Waals surface area contributed by atoms with Gasteiger partial charge in [-0.2, -0.15) is 0 Å². The number of carbonyl (C=O) groups is 2. The molecule has 1 amide bonds. The normalized spacial score (nSPS) is 25.1. The zero-order valence-electron chi connectivity index (χ0n) is 16.3. The number of nitrogens with zero attached hydrogens (tertiary/aromatic N) is 3. The minimum absolute atomic E-state index is 0.0994. The van der Waals surface area contributed by atoms with Gasteiger partial charge in [-0.3, -0.25) is 19.7 Å². The lowest BCUT2D eigenvalue weighted by Crippen LogP contribution is -2.49. The molecule has 2 saturated heterocycles. The van der Waals surface area contributed by atoms with E-state index in [2.05, 4.69) is 12.1 Å². The number of likely N-dealkylation sites (tertiary alicyclic amines) is 2. The molecule has 1 aromatic rings. The molecule has 3 atom stereocenters. The van der Waals surface area contributed by atoms with Crippen LogP contribution in [0.5, 0.6) is 0 Å². The number of carboxylic acids is 1. The lowest BCUT2D eigenvalue weighted by molar-refractivity contribution is -0.403. The van der Waals surface area contributed by atoms with E-state index in [1.54, 1.807) is 16.1 Å². The highest BCUT2D eigenvalue weighted by Gasteiger charge is 2.42. The Hall–Kier alpha value is -2.55. The zero-order chi connectivity index (χ0) is 21.0. The second-order valence-electron chi connectivity index (χ2n) is 7.42. The Labute approximate surface area is 173 Å². The van der Waals surface area contributed by atoms with Crippen molar-refractivity contribution in [1.82, 2.24) is 9.80 Å². The number of rotatable bonds is 6.